The second-order valence-corrected chi connectivity index (χ2v) is 4.05. The highest BCUT2D eigenvalue weighted by Crippen LogP contribution is 2.22. The Morgan fingerprint density at radius 2 is 2.16 bits per heavy atom. The maximum absolute atomic E-state index is 8.88. The van der Waals surface area contributed by atoms with Crippen LogP contribution in [0.25, 0.3) is 0 Å². The normalized spacial score (nSPS) is 9.74. The van der Waals surface area contributed by atoms with E-state index in [4.69, 9.17) is 14.7 Å². The number of benzene rings is 1. The minimum atomic E-state index is 0.354. The van der Waals surface area contributed by atoms with Crippen molar-refractivity contribution < 1.29 is 9.47 Å². The van der Waals surface area contributed by atoms with Crippen molar-refractivity contribution in [3.05, 3.63) is 53.2 Å². The standard InChI is InChI=1S/C15H14N2O2/c1-11-5-6-12(9-16)8-14(11)19-10-13-4-3-7-17-15(13)18-2/h3-8H,10H2,1-2H3. The fraction of sp³-hybridized carbons (Fsp3) is 0.200. The van der Waals surface area contributed by atoms with E-state index in [1.807, 2.05) is 25.1 Å². The third-order valence-corrected chi connectivity index (χ3v) is 2.74. The average Bonchev–Trinajstić information content (AvgIpc) is 2.46. The molecule has 1 aromatic carbocycles. The molecule has 0 saturated heterocycles. The number of methoxy groups -OCH3 is 1. The molecule has 0 amide bonds. The molecule has 0 aliphatic heterocycles. The highest BCUT2D eigenvalue weighted by Gasteiger charge is 2.06. The lowest BCUT2D eigenvalue weighted by Gasteiger charge is -2.11. The van der Waals surface area contributed by atoms with Crippen molar-refractivity contribution >= 4 is 0 Å². The summed E-state index contributed by atoms with van der Waals surface area (Å²) in [6.45, 7) is 2.30. The number of rotatable bonds is 4. The zero-order valence-electron chi connectivity index (χ0n) is 10.9. The number of hydrogen-bond acceptors (Lipinski definition) is 4. The lowest BCUT2D eigenvalue weighted by molar-refractivity contribution is 0.292. The molecule has 0 atom stereocenters. The van der Waals surface area contributed by atoms with Gasteiger partial charge in [-0.25, -0.2) is 4.98 Å². The van der Waals surface area contributed by atoms with Crippen LogP contribution in [0.5, 0.6) is 11.6 Å². The highest BCUT2D eigenvalue weighted by atomic mass is 16.5. The molecular weight excluding hydrogens is 240 g/mol. The first-order chi connectivity index (χ1) is 9.24. The van der Waals surface area contributed by atoms with E-state index in [2.05, 4.69) is 11.1 Å². The van der Waals surface area contributed by atoms with Crippen molar-refractivity contribution in [1.82, 2.24) is 4.98 Å². The third kappa shape index (κ3) is 3.02. The number of aryl methyl sites for hydroxylation is 1. The Morgan fingerprint density at radius 3 is 2.89 bits per heavy atom. The Balaban J connectivity index is 2.17. The number of pyridine rings is 1. The monoisotopic (exact) mass is 254 g/mol. The molecule has 1 aromatic heterocycles. The summed E-state index contributed by atoms with van der Waals surface area (Å²) in [6.07, 6.45) is 1.67. The summed E-state index contributed by atoms with van der Waals surface area (Å²) < 4.78 is 10.9. The van der Waals surface area contributed by atoms with Crippen molar-refractivity contribution in [3.8, 4) is 17.7 Å². The molecule has 0 aliphatic rings. The first-order valence-corrected chi connectivity index (χ1v) is 5.86. The summed E-state index contributed by atoms with van der Waals surface area (Å²) in [5.74, 6) is 1.25. The minimum absolute atomic E-state index is 0.354. The van der Waals surface area contributed by atoms with Crippen molar-refractivity contribution in [3.63, 3.8) is 0 Å². The quantitative estimate of drug-likeness (QED) is 0.841. The lowest BCUT2D eigenvalue weighted by atomic mass is 10.1. The topological polar surface area (TPSA) is 55.1 Å². The molecule has 0 saturated carbocycles. The SMILES string of the molecule is COc1ncccc1COc1cc(C#N)ccc1C. The van der Waals surface area contributed by atoms with Crippen LogP contribution in [-0.2, 0) is 6.61 Å². The molecule has 0 spiro atoms. The largest absolute Gasteiger partial charge is 0.488 e. The van der Waals surface area contributed by atoms with E-state index < -0.39 is 0 Å². The maximum atomic E-state index is 8.88. The molecule has 4 nitrogen and oxygen atoms in total. The fourth-order valence-corrected chi connectivity index (χ4v) is 1.70. The van der Waals surface area contributed by atoms with Gasteiger partial charge >= 0.3 is 0 Å². The van der Waals surface area contributed by atoms with Gasteiger partial charge in [-0.3, -0.25) is 0 Å². The van der Waals surface area contributed by atoms with Gasteiger partial charge in [0.05, 0.1) is 24.3 Å². The van der Waals surface area contributed by atoms with Gasteiger partial charge < -0.3 is 9.47 Å². The van der Waals surface area contributed by atoms with Gasteiger partial charge in [0.15, 0.2) is 0 Å². The van der Waals surface area contributed by atoms with E-state index in [-0.39, 0.29) is 0 Å². The van der Waals surface area contributed by atoms with Crippen molar-refractivity contribution in [2.24, 2.45) is 0 Å². The van der Waals surface area contributed by atoms with Gasteiger partial charge in [0, 0.05) is 6.20 Å². The van der Waals surface area contributed by atoms with Gasteiger partial charge in [0.2, 0.25) is 5.88 Å². The van der Waals surface area contributed by atoms with Crippen molar-refractivity contribution in [1.29, 1.82) is 5.26 Å². The van der Waals surface area contributed by atoms with Crippen LogP contribution >= 0.6 is 0 Å². The lowest BCUT2D eigenvalue weighted by Crippen LogP contribution is -2.01. The zero-order chi connectivity index (χ0) is 13.7. The molecule has 4 heteroatoms. The summed E-state index contributed by atoms with van der Waals surface area (Å²) in [5.41, 5.74) is 2.44. The highest BCUT2D eigenvalue weighted by molar-refractivity contribution is 5.42. The second kappa shape index (κ2) is 5.87. The summed E-state index contributed by atoms with van der Waals surface area (Å²) >= 11 is 0. The number of aromatic nitrogens is 1. The maximum Gasteiger partial charge on any atom is 0.219 e. The number of nitriles is 1. The van der Waals surface area contributed by atoms with Crippen LogP contribution in [0.4, 0.5) is 0 Å². The van der Waals surface area contributed by atoms with E-state index in [9.17, 15) is 0 Å². The van der Waals surface area contributed by atoms with Gasteiger partial charge in [0.1, 0.15) is 12.4 Å². The Bertz CT molecular complexity index is 618. The van der Waals surface area contributed by atoms with Crippen LogP contribution < -0.4 is 9.47 Å². The predicted molar refractivity (Wildman–Crippen MR) is 71.0 cm³/mol. The molecular formula is C15H14N2O2. The second-order valence-electron chi connectivity index (χ2n) is 4.05. The minimum Gasteiger partial charge on any atom is -0.488 e. The first kappa shape index (κ1) is 12.9. The number of nitrogens with zero attached hydrogens (tertiary/aromatic N) is 2. The molecule has 0 N–H and O–H groups in total. The summed E-state index contributed by atoms with van der Waals surface area (Å²) in [7, 11) is 1.58. The van der Waals surface area contributed by atoms with E-state index >= 15 is 0 Å². The van der Waals surface area contributed by atoms with E-state index in [1.54, 1.807) is 25.4 Å². The summed E-state index contributed by atoms with van der Waals surface area (Å²) in [4.78, 5) is 4.11. The molecule has 1 heterocycles. The van der Waals surface area contributed by atoms with Gasteiger partial charge in [0.25, 0.3) is 0 Å². The van der Waals surface area contributed by atoms with E-state index in [0.717, 1.165) is 11.1 Å². The molecule has 0 radical (unpaired) electrons. The molecule has 0 fully saturated rings. The molecule has 19 heavy (non-hydrogen) atoms. The van der Waals surface area contributed by atoms with E-state index in [1.165, 1.54) is 0 Å². The average molecular weight is 254 g/mol. The third-order valence-electron chi connectivity index (χ3n) is 2.74. The zero-order valence-corrected chi connectivity index (χ0v) is 10.9. The smallest absolute Gasteiger partial charge is 0.219 e. The van der Waals surface area contributed by atoms with E-state index in [0.29, 0.717) is 23.8 Å². The molecule has 0 bridgehead atoms. The Kier molecular flexibility index (Phi) is 3.99. The first-order valence-electron chi connectivity index (χ1n) is 5.86. The van der Waals surface area contributed by atoms with Crippen LogP contribution in [0.3, 0.4) is 0 Å². The van der Waals surface area contributed by atoms with Gasteiger partial charge in [-0.15, -0.1) is 0 Å². The Hall–Kier alpha value is -2.54. The van der Waals surface area contributed by atoms with Crippen LogP contribution in [-0.4, -0.2) is 12.1 Å². The molecule has 2 rings (SSSR count). The molecule has 2 aromatic rings. The van der Waals surface area contributed by atoms with Crippen LogP contribution in [0.2, 0.25) is 0 Å². The number of ether oxygens (including phenoxy) is 2. The van der Waals surface area contributed by atoms with Crippen LogP contribution in [0, 0.1) is 18.3 Å². The Morgan fingerprint density at radius 1 is 1.32 bits per heavy atom. The van der Waals surface area contributed by atoms with Crippen LogP contribution in [0.15, 0.2) is 36.5 Å². The van der Waals surface area contributed by atoms with Gasteiger partial charge in [-0.2, -0.15) is 5.26 Å². The molecule has 0 unspecified atom stereocenters. The van der Waals surface area contributed by atoms with Crippen molar-refractivity contribution in [2.45, 2.75) is 13.5 Å². The predicted octanol–water partition coefficient (Wildman–Crippen LogP) is 2.85. The molecule has 0 aliphatic carbocycles. The fourth-order valence-electron chi connectivity index (χ4n) is 1.70. The number of hydrogen-bond donors (Lipinski definition) is 0. The van der Waals surface area contributed by atoms with Crippen molar-refractivity contribution in [2.75, 3.05) is 7.11 Å². The van der Waals surface area contributed by atoms with Gasteiger partial charge in [-0.1, -0.05) is 6.07 Å². The summed E-state index contributed by atoms with van der Waals surface area (Å²) in [6, 6.07) is 11.2. The van der Waals surface area contributed by atoms with Crippen LogP contribution in [0.1, 0.15) is 16.7 Å². The van der Waals surface area contributed by atoms with Gasteiger partial charge in [-0.05, 0) is 36.8 Å². The summed E-state index contributed by atoms with van der Waals surface area (Å²) in [5, 5.41) is 8.88. The Labute approximate surface area is 112 Å². The molecule has 96 valence electrons.